The number of hydrogen-bond acceptors (Lipinski definition) is 5. The molecule has 0 bridgehead atoms. The Labute approximate surface area is 237 Å². The highest BCUT2D eigenvalue weighted by Gasteiger charge is 2.17. The van der Waals surface area contributed by atoms with E-state index in [1.165, 1.54) is 50.7 Å². The van der Waals surface area contributed by atoms with Gasteiger partial charge in [0.05, 0.1) is 23.8 Å². The quantitative estimate of drug-likeness (QED) is 0.101. The van der Waals surface area contributed by atoms with E-state index in [1.807, 2.05) is 26.0 Å². The fourth-order valence-electron chi connectivity index (χ4n) is 4.27. The molecule has 0 aliphatic heterocycles. The Hall–Kier alpha value is -3.67. The third-order valence-corrected chi connectivity index (χ3v) is 6.83. The summed E-state index contributed by atoms with van der Waals surface area (Å²) < 4.78 is 31.1. The first-order valence-corrected chi connectivity index (χ1v) is 14.5. The van der Waals surface area contributed by atoms with Gasteiger partial charge in [-0.25, -0.2) is 14.0 Å². The van der Waals surface area contributed by atoms with Gasteiger partial charge in [-0.05, 0) is 67.3 Å². The summed E-state index contributed by atoms with van der Waals surface area (Å²) in [5.74, 6) is -1.20. The van der Waals surface area contributed by atoms with Crippen LogP contribution < -0.4 is 9.47 Å². The number of benzene rings is 3. The number of ether oxygens (including phenoxy) is 3. The maximum Gasteiger partial charge on any atom is 0.343 e. The third kappa shape index (κ3) is 9.51. The van der Waals surface area contributed by atoms with Crippen molar-refractivity contribution < 1.29 is 28.2 Å². The molecule has 0 radical (unpaired) electrons. The van der Waals surface area contributed by atoms with Crippen LogP contribution in [-0.2, 0) is 4.74 Å². The van der Waals surface area contributed by atoms with Crippen molar-refractivity contribution in [2.75, 3.05) is 6.61 Å². The van der Waals surface area contributed by atoms with Crippen molar-refractivity contribution in [3.63, 3.8) is 0 Å². The van der Waals surface area contributed by atoms with Gasteiger partial charge in [0.2, 0.25) is 0 Å². The van der Waals surface area contributed by atoms with Crippen molar-refractivity contribution in [3.8, 4) is 22.6 Å². The number of carbonyl (C=O) groups excluding carboxylic acids is 2. The SMILES string of the molecule is CCCCCCCCCCOc1ccc(C(=O)Oc2ccc(-c3ccccc3C(=O)O[C@H](C)CC)cc2)cc1F. The van der Waals surface area contributed by atoms with E-state index in [4.69, 9.17) is 14.2 Å². The first-order chi connectivity index (χ1) is 19.4. The molecule has 40 heavy (non-hydrogen) atoms. The average Bonchev–Trinajstić information content (AvgIpc) is 2.97. The van der Waals surface area contributed by atoms with E-state index in [2.05, 4.69) is 6.92 Å². The van der Waals surface area contributed by atoms with Gasteiger partial charge in [0, 0.05) is 0 Å². The molecule has 0 N–H and O–H groups in total. The van der Waals surface area contributed by atoms with Crippen molar-refractivity contribution in [1.82, 2.24) is 0 Å². The number of rotatable bonds is 16. The molecule has 0 fully saturated rings. The molecule has 0 saturated carbocycles. The smallest absolute Gasteiger partial charge is 0.343 e. The average molecular weight is 549 g/mol. The summed E-state index contributed by atoms with van der Waals surface area (Å²) in [6, 6.07) is 18.1. The number of halogens is 1. The van der Waals surface area contributed by atoms with Crippen molar-refractivity contribution in [1.29, 1.82) is 0 Å². The molecule has 0 amide bonds. The molecular formula is C34H41FO5. The van der Waals surface area contributed by atoms with Crippen LogP contribution in [-0.4, -0.2) is 24.6 Å². The lowest BCUT2D eigenvalue weighted by atomic mass is 9.99. The molecule has 214 valence electrons. The van der Waals surface area contributed by atoms with Crippen LogP contribution in [0, 0.1) is 5.82 Å². The van der Waals surface area contributed by atoms with Crippen LogP contribution in [0.25, 0.3) is 11.1 Å². The molecule has 6 heteroatoms. The lowest BCUT2D eigenvalue weighted by Crippen LogP contribution is -2.14. The monoisotopic (exact) mass is 548 g/mol. The lowest BCUT2D eigenvalue weighted by Gasteiger charge is -2.14. The van der Waals surface area contributed by atoms with Crippen LogP contribution in [0.4, 0.5) is 4.39 Å². The van der Waals surface area contributed by atoms with E-state index in [0.717, 1.165) is 36.5 Å². The Morgan fingerprint density at radius 3 is 2.15 bits per heavy atom. The summed E-state index contributed by atoms with van der Waals surface area (Å²) in [6.45, 7) is 6.47. The van der Waals surface area contributed by atoms with Crippen LogP contribution in [0.2, 0.25) is 0 Å². The highest BCUT2D eigenvalue weighted by molar-refractivity contribution is 5.97. The van der Waals surface area contributed by atoms with Crippen LogP contribution in [0.15, 0.2) is 66.7 Å². The summed E-state index contributed by atoms with van der Waals surface area (Å²) >= 11 is 0. The second kappa shape index (κ2) is 16.4. The Kier molecular flexibility index (Phi) is 12.7. The highest BCUT2D eigenvalue weighted by atomic mass is 19.1. The molecular weight excluding hydrogens is 507 g/mol. The minimum absolute atomic E-state index is 0.0964. The molecule has 3 aromatic carbocycles. The number of esters is 2. The van der Waals surface area contributed by atoms with Crippen LogP contribution >= 0.6 is 0 Å². The fraction of sp³-hybridized carbons (Fsp3) is 0.412. The van der Waals surface area contributed by atoms with Crippen molar-refractivity contribution >= 4 is 11.9 Å². The highest BCUT2D eigenvalue weighted by Crippen LogP contribution is 2.27. The first-order valence-electron chi connectivity index (χ1n) is 14.5. The van der Waals surface area contributed by atoms with Gasteiger partial charge in [-0.1, -0.05) is 89.1 Å². The first kappa shape index (κ1) is 30.9. The maximum atomic E-state index is 14.6. The maximum absolute atomic E-state index is 14.6. The molecule has 3 aromatic rings. The molecule has 3 rings (SSSR count). The van der Waals surface area contributed by atoms with Crippen LogP contribution in [0.5, 0.6) is 11.5 Å². The molecule has 5 nitrogen and oxygen atoms in total. The van der Waals surface area contributed by atoms with E-state index < -0.39 is 11.8 Å². The van der Waals surface area contributed by atoms with Crippen LogP contribution in [0.1, 0.15) is 99.3 Å². The molecule has 0 aliphatic carbocycles. The van der Waals surface area contributed by atoms with E-state index in [1.54, 1.807) is 36.4 Å². The zero-order chi connectivity index (χ0) is 28.7. The fourth-order valence-corrected chi connectivity index (χ4v) is 4.27. The van der Waals surface area contributed by atoms with Gasteiger partial charge in [0.25, 0.3) is 0 Å². The molecule has 0 aromatic heterocycles. The Bertz CT molecular complexity index is 1220. The van der Waals surface area contributed by atoms with Gasteiger partial charge in [-0.3, -0.25) is 0 Å². The van der Waals surface area contributed by atoms with E-state index in [-0.39, 0.29) is 23.4 Å². The van der Waals surface area contributed by atoms with Gasteiger partial charge in [0.1, 0.15) is 5.75 Å². The lowest BCUT2D eigenvalue weighted by molar-refractivity contribution is 0.0335. The molecule has 1 atom stereocenters. The number of carbonyl (C=O) groups is 2. The number of unbranched alkanes of at least 4 members (excludes halogenated alkanes) is 7. The summed E-state index contributed by atoms with van der Waals surface area (Å²) in [6.07, 6.45) is 9.99. The summed E-state index contributed by atoms with van der Waals surface area (Å²) in [4.78, 5) is 25.3. The van der Waals surface area contributed by atoms with Crippen molar-refractivity contribution in [3.05, 3.63) is 83.7 Å². The van der Waals surface area contributed by atoms with Crippen molar-refractivity contribution in [2.45, 2.75) is 84.7 Å². The molecule has 0 unspecified atom stereocenters. The molecule has 0 heterocycles. The van der Waals surface area contributed by atoms with Gasteiger partial charge >= 0.3 is 11.9 Å². The van der Waals surface area contributed by atoms with Crippen LogP contribution in [0.3, 0.4) is 0 Å². The Balaban J connectivity index is 1.53. The summed E-state index contributed by atoms with van der Waals surface area (Å²) in [5.41, 5.74) is 2.06. The van der Waals surface area contributed by atoms with E-state index in [0.29, 0.717) is 17.9 Å². The van der Waals surface area contributed by atoms with E-state index >= 15 is 0 Å². The Morgan fingerprint density at radius 1 is 0.800 bits per heavy atom. The molecule has 0 saturated heterocycles. The Morgan fingerprint density at radius 2 is 1.48 bits per heavy atom. The van der Waals surface area contributed by atoms with Gasteiger partial charge in [-0.2, -0.15) is 0 Å². The molecule has 0 spiro atoms. The van der Waals surface area contributed by atoms with Crippen molar-refractivity contribution in [2.24, 2.45) is 0 Å². The second-order valence-electron chi connectivity index (χ2n) is 10.1. The molecule has 0 aliphatic rings. The van der Waals surface area contributed by atoms with Gasteiger partial charge in [-0.15, -0.1) is 0 Å². The largest absolute Gasteiger partial charge is 0.491 e. The minimum Gasteiger partial charge on any atom is -0.491 e. The second-order valence-corrected chi connectivity index (χ2v) is 10.1. The van der Waals surface area contributed by atoms with Gasteiger partial charge in [0.15, 0.2) is 11.6 Å². The predicted octanol–water partition coefficient (Wildman–Crippen LogP) is 9.19. The predicted molar refractivity (Wildman–Crippen MR) is 157 cm³/mol. The standard InChI is InChI=1S/C34H41FO5/c1-4-6-7-8-9-10-11-14-23-38-32-22-19-27(24-31(32)35)33(36)40-28-20-17-26(18-21-28)29-15-12-13-16-30(29)34(37)39-25(3)5-2/h12-13,15-22,24-25H,4-11,14,23H2,1-3H3/t25-/m1/s1. The van der Waals surface area contributed by atoms with Gasteiger partial charge < -0.3 is 14.2 Å². The topological polar surface area (TPSA) is 61.8 Å². The summed E-state index contributed by atoms with van der Waals surface area (Å²) in [7, 11) is 0. The number of hydrogen-bond donors (Lipinski definition) is 0. The zero-order valence-electron chi connectivity index (χ0n) is 23.9. The minimum atomic E-state index is -0.668. The normalized spacial score (nSPS) is 11.6. The third-order valence-electron chi connectivity index (χ3n) is 6.83. The summed E-state index contributed by atoms with van der Waals surface area (Å²) in [5, 5.41) is 0. The van der Waals surface area contributed by atoms with E-state index in [9.17, 15) is 14.0 Å². The zero-order valence-corrected chi connectivity index (χ0v) is 23.9.